The van der Waals surface area contributed by atoms with E-state index >= 15 is 0 Å². The van der Waals surface area contributed by atoms with Crippen molar-refractivity contribution < 1.29 is 24.2 Å². The van der Waals surface area contributed by atoms with Crippen molar-refractivity contribution in [2.45, 2.75) is 39.0 Å². The highest BCUT2D eigenvalue weighted by Gasteiger charge is 2.20. The molecule has 0 bridgehead atoms. The summed E-state index contributed by atoms with van der Waals surface area (Å²) in [5, 5.41) is 15.7. The summed E-state index contributed by atoms with van der Waals surface area (Å²) in [7, 11) is 0. The van der Waals surface area contributed by atoms with Gasteiger partial charge in [-0.1, -0.05) is 0 Å². The van der Waals surface area contributed by atoms with Gasteiger partial charge < -0.3 is 19.9 Å². The zero-order chi connectivity index (χ0) is 19.2. The number of nitrogens with zero attached hydrogens (tertiary/aromatic N) is 3. The number of benzene rings is 1. The normalized spacial score (nSPS) is 12.3. The number of carboxylic acids is 1. The van der Waals surface area contributed by atoms with E-state index in [1.807, 2.05) is 0 Å². The van der Waals surface area contributed by atoms with Crippen molar-refractivity contribution in [3.8, 4) is 5.75 Å². The lowest BCUT2D eigenvalue weighted by Gasteiger charge is -2.23. The molecule has 2 aromatic rings. The molecule has 0 fully saturated rings. The zero-order valence-electron chi connectivity index (χ0n) is 14.9. The highest BCUT2D eigenvalue weighted by molar-refractivity contribution is 5.87. The van der Waals surface area contributed by atoms with Crippen molar-refractivity contribution in [2.75, 3.05) is 6.61 Å². The number of aromatic nitrogens is 3. The van der Waals surface area contributed by atoms with Gasteiger partial charge in [0, 0.05) is 0 Å². The molecule has 1 aromatic heterocycles. The number of aromatic carboxylic acids is 1. The van der Waals surface area contributed by atoms with Crippen LogP contribution in [0, 0.1) is 0 Å². The van der Waals surface area contributed by atoms with Crippen LogP contribution < -0.4 is 10.1 Å². The van der Waals surface area contributed by atoms with E-state index < -0.39 is 23.7 Å². The molecule has 0 radical (unpaired) electrons. The van der Waals surface area contributed by atoms with Gasteiger partial charge in [-0.15, -0.1) is 0 Å². The Hall–Kier alpha value is -3.10. The molecule has 26 heavy (non-hydrogen) atoms. The first kappa shape index (κ1) is 19.2. The molecule has 0 saturated heterocycles. The van der Waals surface area contributed by atoms with Crippen molar-refractivity contribution in [1.82, 2.24) is 20.1 Å². The largest absolute Gasteiger partial charge is 0.491 e. The second-order valence-corrected chi connectivity index (χ2v) is 6.60. The molecular formula is C17H22N4O5. The molecule has 9 heteroatoms. The maximum atomic E-state index is 12.0. The molecule has 1 amide bonds. The summed E-state index contributed by atoms with van der Waals surface area (Å²) in [6.45, 7) is 5.82. The quantitative estimate of drug-likeness (QED) is 0.773. The molecule has 2 N–H and O–H groups in total. The average molecular weight is 362 g/mol. The maximum absolute atomic E-state index is 12.0. The van der Waals surface area contributed by atoms with Crippen LogP contribution in [-0.4, -0.2) is 50.2 Å². The van der Waals surface area contributed by atoms with Gasteiger partial charge >= 0.3 is 12.1 Å². The third-order valence-corrected chi connectivity index (χ3v) is 3.15. The molecule has 0 saturated carbocycles. The van der Waals surface area contributed by atoms with Crippen LogP contribution in [0.2, 0.25) is 0 Å². The predicted molar refractivity (Wildman–Crippen MR) is 92.1 cm³/mol. The van der Waals surface area contributed by atoms with Gasteiger partial charge in [0.2, 0.25) is 0 Å². The summed E-state index contributed by atoms with van der Waals surface area (Å²) in [5.41, 5.74) is -0.446. The van der Waals surface area contributed by atoms with Crippen LogP contribution in [0.15, 0.2) is 36.9 Å². The Morgan fingerprint density at radius 1 is 1.27 bits per heavy atom. The molecule has 0 aliphatic carbocycles. The van der Waals surface area contributed by atoms with Gasteiger partial charge in [0.25, 0.3) is 0 Å². The van der Waals surface area contributed by atoms with Crippen LogP contribution in [-0.2, 0) is 11.3 Å². The van der Waals surface area contributed by atoms with E-state index in [0.717, 1.165) is 0 Å². The number of carbonyl (C=O) groups is 2. The Balaban J connectivity index is 1.98. The summed E-state index contributed by atoms with van der Waals surface area (Å²) in [6, 6.07) is 5.59. The first-order valence-electron chi connectivity index (χ1n) is 8.01. The SMILES string of the molecule is CC(C)(C)OC(=O)NC(COc1ccc(C(=O)O)cc1)Cn1cncn1. The fraction of sp³-hybridized carbons (Fsp3) is 0.412. The summed E-state index contributed by atoms with van der Waals surface area (Å²) in [5.74, 6) is -0.517. The first-order valence-corrected chi connectivity index (χ1v) is 8.01. The third kappa shape index (κ3) is 6.42. The second kappa shape index (κ2) is 8.32. The molecule has 1 atom stereocenters. The molecule has 0 aliphatic rings. The lowest BCUT2D eigenvalue weighted by atomic mass is 10.2. The number of carbonyl (C=O) groups excluding carboxylic acids is 1. The van der Waals surface area contributed by atoms with E-state index in [9.17, 15) is 9.59 Å². The minimum atomic E-state index is -1.01. The Morgan fingerprint density at radius 2 is 1.96 bits per heavy atom. The lowest BCUT2D eigenvalue weighted by Crippen LogP contribution is -2.44. The van der Waals surface area contributed by atoms with E-state index in [1.165, 1.54) is 24.8 Å². The molecule has 1 aromatic carbocycles. The zero-order valence-corrected chi connectivity index (χ0v) is 14.9. The number of alkyl carbamates (subject to hydrolysis) is 1. The van der Waals surface area contributed by atoms with Crippen molar-refractivity contribution in [2.24, 2.45) is 0 Å². The summed E-state index contributed by atoms with van der Waals surface area (Å²) in [6.07, 6.45) is 2.37. The van der Waals surface area contributed by atoms with Gasteiger partial charge in [-0.2, -0.15) is 5.10 Å². The monoisotopic (exact) mass is 362 g/mol. The van der Waals surface area contributed by atoms with Crippen LogP contribution >= 0.6 is 0 Å². The fourth-order valence-corrected chi connectivity index (χ4v) is 2.06. The maximum Gasteiger partial charge on any atom is 0.408 e. The van der Waals surface area contributed by atoms with Crippen molar-refractivity contribution in [3.63, 3.8) is 0 Å². The molecule has 1 unspecified atom stereocenters. The number of nitrogens with one attached hydrogen (secondary N) is 1. The van der Waals surface area contributed by atoms with E-state index in [0.29, 0.717) is 12.3 Å². The van der Waals surface area contributed by atoms with Gasteiger partial charge in [0.05, 0.1) is 18.2 Å². The van der Waals surface area contributed by atoms with Gasteiger partial charge in [0.1, 0.15) is 30.6 Å². The van der Waals surface area contributed by atoms with Crippen LogP contribution in [0.3, 0.4) is 0 Å². The third-order valence-electron chi connectivity index (χ3n) is 3.15. The van der Waals surface area contributed by atoms with Gasteiger partial charge in [-0.25, -0.2) is 14.6 Å². The smallest absolute Gasteiger partial charge is 0.408 e. The Labute approximate surface area is 150 Å². The number of hydrogen-bond acceptors (Lipinski definition) is 6. The van der Waals surface area contributed by atoms with Gasteiger partial charge in [0.15, 0.2) is 0 Å². The number of hydrogen-bond donors (Lipinski definition) is 2. The Morgan fingerprint density at radius 3 is 2.50 bits per heavy atom. The highest BCUT2D eigenvalue weighted by Crippen LogP contribution is 2.13. The Kier molecular flexibility index (Phi) is 6.16. The first-order chi connectivity index (χ1) is 12.2. The second-order valence-electron chi connectivity index (χ2n) is 6.60. The highest BCUT2D eigenvalue weighted by atomic mass is 16.6. The van der Waals surface area contributed by atoms with E-state index in [1.54, 1.807) is 37.6 Å². The summed E-state index contributed by atoms with van der Waals surface area (Å²) in [4.78, 5) is 26.8. The number of ether oxygens (including phenoxy) is 2. The molecular weight excluding hydrogens is 340 g/mol. The number of amides is 1. The molecule has 0 aliphatic heterocycles. The summed E-state index contributed by atoms with van der Waals surface area (Å²) >= 11 is 0. The average Bonchev–Trinajstić information content (AvgIpc) is 3.04. The van der Waals surface area contributed by atoms with Crippen LogP contribution in [0.4, 0.5) is 4.79 Å². The van der Waals surface area contributed by atoms with E-state index in [-0.39, 0.29) is 12.2 Å². The van der Waals surface area contributed by atoms with Crippen LogP contribution in [0.5, 0.6) is 5.75 Å². The summed E-state index contributed by atoms with van der Waals surface area (Å²) < 4.78 is 12.5. The fourth-order valence-electron chi connectivity index (χ4n) is 2.06. The van der Waals surface area contributed by atoms with E-state index in [2.05, 4.69) is 15.4 Å². The molecule has 1 heterocycles. The van der Waals surface area contributed by atoms with Crippen molar-refractivity contribution >= 4 is 12.1 Å². The minimum Gasteiger partial charge on any atom is -0.491 e. The predicted octanol–water partition coefficient (Wildman–Crippen LogP) is 1.95. The van der Waals surface area contributed by atoms with Crippen molar-refractivity contribution in [1.29, 1.82) is 0 Å². The van der Waals surface area contributed by atoms with Gasteiger partial charge in [-0.05, 0) is 45.0 Å². The lowest BCUT2D eigenvalue weighted by molar-refractivity contribution is 0.0479. The van der Waals surface area contributed by atoms with E-state index in [4.69, 9.17) is 14.6 Å². The number of rotatable bonds is 7. The molecule has 9 nitrogen and oxygen atoms in total. The van der Waals surface area contributed by atoms with Crippen LogP contribution in [0.1, 0.15) is 31.1 Å². The molecule has 0 spiro atoms. The standard InChI is InChI=1S/C17H22N4O5/c1-17(2,3)26-16(24)20-13(8-21-11-18-10-19-21)9-25-14-6-4-12(5-7-14)15(22)23/h4-7,10-11,13H,8-9H2,1-3H3,(H,20,24)(H,22,23). The van der Waals surface area contributed by atoms with Crippen molar-refractivity contribution in [3.05, 3.63) is 42.5 Å². The minimum absolute atomic E-state index is 0.144. The Bertz CT molecular complexity index is 723. The van der Waals surface area contributed by atoms with Crippen LogP contribution in [0.25, 0.3) is 0 Å². The number of carboxylic acid groups (broad SMARTS) is 1. The molecule has 140 valence electrons. The molecule has 2 rings (SSSR count). The topological polar surface area (TPSA) is 116 Å². The van der Waals surface area contributed by atoms with Gasteiger partial charge in [-0.3, -0.25) is 4.68 Å².